The fourth-order valence-corrected chi connectivity index (χ4v) is 1.79. The summed E-state index contributed by atoms with van der Waals surface area (Å²) in [5.74, 6) is -0.949. The van der Waals surface area contributed by atoms with Crippen molar-refractivity contribution in [2.45, 2.75) is 20.4 Å². The summed E-state index contributed by atoms with van der Waals surface area (Å²) in [5, 5.41) is 17.3. The van der Waals surface area contributed by atoms with E-state index in [1.54, 1.807) is 22.5 Å². The van der Waals surface area contributed by atoms with Crippen LogP contribution in [0.25, 0.3) is 0 Å². The average molecular weight is 234 g/mol. The van der Waals surface area contributed by atoms with Gasteiger partial charge in [0.25, 0.3) is 0 Å². The van der Waals surface area contributed by atoms with Crippen LogP contribution in [0.3, 0.4) is 0 Å². The number of aromatic nitrogens is 4. The normalized spacial score (nSPS) is 10.8. The van der Waals surface area contributed by atoms with E-state index in [0.717, 1.165) is 11.4 Å². The Kier molecular flexibility index (Phi) is 2.71. The number of hydrogen-bond donors (Lipinski definition) is 1. The van der Waals surface area contributed by atoms with Gasteiger partial charge in [0, 0.05) is 13.2 Å². The van der Waals surface area contributed by atoms with Crippen LogP contribution in [0.15, 0.2) is 12.3 Å². The lowest BCUT2D eigenvalue weighted by Gasteiger charge is -2.01. The van der Waals surface area contributed by atoms with Gasteiger partial charge < -0.3 is 5.11 Å². The third kappa shape index (κ3) is 2.20. The molecule has 0 spiro atoms. The molecule has 17 heavy (non-hydrogen) atoms. The monoisotopic (exact) mass is 234 g/mol. The molecule has 6 nitrogen and oxygen atoms in total. The summed E-state index contributed by atoms with van der Waals surface area (Å²) in [6.45, 7) is 4.13. The van der Waals surface area contributed by atoms with Crippen LogP contribution in [0.5, 0.6) is 0 Å². The largest absolute Gasteiger partial charge is 0.478 e. The van der Waals surface area contributed by atoms with Crippen LogP contribution in [0.2, 0.25) is 0 Å². The molecule has 0 fully saturated rings. The van der Waals surface area contributed by atoms with E-state index in [9.17, 15) is 4.79 Å². The fraction of sp³-hybridized carbons (Fsp3) is 0.364. The van der Waals surface area contributed by atoms with Gasteiger partial charge in [-0.25, -0.2) is 4.79 Å². The van der Waals surface area contributed by atoms with Gasteiger partial charge in [-0.1, -0.05) is 0 Å². The summed E-state index contributed by atoms with van der Waals surface area (Å²) in [6.07, 6.45) is 1.54. The van der Waals surface area contributed by atoms with Crippen molar-refractivity contribution in [3.05, 3.63) is 34.9 Å². The van der Waals surface area contributed by atoms with Crippen molar-refractivity contribution >= 4 is 5.97 Å². The molecule has 0 unspecified atom stereocenters. The summed E-state index contributed by atoms with van der Waals surface area (Å²) in [4.78, 5) is 10.9. The first-order valence-corrected chi connectivity index (χ1v) is 5.24. The number of aromatic carboxylic acids is 1. The number of nitrogens with zero attached hydrogens (tertiary/aromatic N) is 4. The SMILES string of the molecule is Cc1cc(Cn2cc(C(=O)O)c(C)n2)n(C)n1. The van der Waals surface area contributed by atoms with Crippen LogP contribution in [0.1, 0.15) is 27.4 Å². The van der Waals surface area contributed by atoms with Gasteiger partial charge in [0.2, 0.25) is 0 Å². The maximum atomic E-state index is 10.9. The van der Waals surface area contributed by atoms with E-state index in [0.29, 0.717) is 12.2 Å². The number of rotatable bonds is 3. The first-order valence-electron chi connectivity index (χ1n) is 5.24. The van der Waals surface area contributed by atoms with Crippen molar-refractivity contribution in [1.29, 1.82) is 0 Å². The maximum Gasteiger partial charge on any atom is 0.339 e. The molecule has 0 aromatic carbocycles. The molecule has 0 bridgehead atoms. The molecule has 90 valence electrons. The topological polar surface area (TPSA) is 72.9 Å². The molecular formula is C11H14N4O2. The number of aryl methyl sites for hydroxylation is 3. The molecule has 6 heteroatoms. The standard InChI is InChI=1S/C11H14N4O2/c1-7-4-9(14(3)12-7)5-15-6-10(11(16)17)8(2)13-15/h4,6H,5H2,1-3H3,(H,16,17). The maximum absolute atomic E-state index is 10.9. The molecule has 0 saturated heterocycles. The minimum atomic E-state index is -0.949. The fourth-order valence-electron chi connectivity index (χ4n) is 1.79. The van der Waals surface area contributed by atoms with Gasteiger partial charge in [0.05, 0.1) is 23.6 Å². The predicted octanol–water partition coefficient (Wildman–Crippen LogP) is 0.980. The molecular weight excluding hydrogens is 220 g/mol. The summed E-state index contributed by atoms with van der Waals surface area (Å²) < 4.78 is 3.39. The number of carbonyl (C=O) groups is 1. The van der Waals surface area contributed by atoms with Crippen molar-refractivity contribution < 1.29 is 9.90 Å². The van der Waals surface area contributed by atoms with Gasteiger partial charge in [-0.15, -0.1) is 0 Å². The van der Waals surface area contributed by atoms with Crippen LogP contribution in [-0.4, -0.2) is 30.6 Å². The van der Waals surface area contributed by atoms with Gasteiger partial charge >= 0.3 is 5.97 Å². The molecule has 2 aromatic rings. The average Bonchev–Trinajstić information content (AvgIpc) is 2.71. The smallest absolute Gasteiger partial charge is 0.339 e. The van der Waals surface area contributed by atoms with Crippen molar-refractivity contribution in [2.24, 2.45) is 7.05 Å². The molecule has 0 atom stereocenters. The Morgan fingerprint density at radius 1 is 1.41 bits per heavy atom. The lowest BCUT2D eigenvalue weighted by atomic mass is 10.3. The Morgan fingerprint density at radius 3 is 2.59 bits per heavy atom. The van der Waals surface area contributed by atoms with Gasteiger partial charge in [0.15, 0.2) is 0 Å². The van der Waals surface area contributed by atoms with Gasteiger partial charge in [0.1, 0.15) is 5.56 Å². The molecule has 0 aliphatic carbocycles. The van der Waals surface area contributed by atoms with Gasteiger partial charge in [-0.05, 0) is 19.9 Å². The van der Waals surface area contributed by atoms with E-state index in [1.807, 2.05) is 20.0 Å². The van der Waals surface area contributed by atoms with E-state index < -0.39 is 5.97 Å². The zero-order chi connectivity index (χ0) is 12.6. The highest BCUT2D eigenvalue weighted by molar-refractivity contribution is 5.88. The Hall–Kier alpha value is -2.11. The predicted molar refractivity (Wildman–Crippen MR) is 61.0 cm³/mol. The highest BCUT2D eigenvalue weighted by Gasteiger charge is 2.12. The minimum absolute atomic E-state index is 0.240. The van der Waals surface area contributed by atoms with Crippen LogP contribution in [-0.2, 0) is 13.6 Å². The number of carboxylic acids is 1. The van der Waals surface area contributed by atoms with Crippen molar-refractivity contribution in [2.75, 3.05) is 0 Å². The highest BCUT2D eigenvalue weighted by atomic mass is 16.4. The molecule has 0 aliphatic rings. The van der Waals surface area contributed by atoms with Gasteiger partial charge in [-0.3, -0.25) is 9.36 Å². The van der Waals surface area contributed by atoms with Crippen LogP contribution < -0.4 is 0 Å². The minimum Gasteiger partial charge on any atom is -0.478 e. The number of carboxylic acid groups (broad SMARTS) is 1. The third-order valence-electron chi connectivity index (χ3n) is 2.60. The van der Waals surface area contributed by atoms with E-state index in [2.05, 4.69) is 10.2 Å². The zero-order valence-electron chi connectivity index (χ0n) is 10.0. The van der Waals surface area contributed by atoms with E-state index in [1.165, 1.54) is 0 Å². The second kappa shape index (κ2) is 4.04. The molecule has 2 heterocycles. The van der Waals surface area contributed by atoms with Crippen molar-refractivity contribution in [3.63, 3.8) is 0 Å². The summed E-state index contributed by atoms with van der Waals surface area (Å²) in [7, 11) is 1.86. The van der Waals surface area contributed by atoms with Gasteiger partial charge in [-0.2, -0.15) is 10.2 Å². The van der Waals surface area contributed by atoms with E-state index in [-0.39, 0.29) is 5.56 Å². The molecule has 1 N–H and O–H groups in total. The molecule has 0 aliphatic heterocycles. The van der Waals surface area contributed by atoms with Crippen molar-refractivity contribution in [3.8, 4) is 0 Å². The Morgan fingerprint density at radius 2 is 2.12 bits per heavy atom. The Bertz CT molecular complexity index is 568. The lowest BCUT2D eigenvalue weighted by molar-refractivity contribution is 0.0696. The van der Waals surface area contributed by atoms with E-state index >= 15 is 0 Å². The molecule has 0 radical (unpaired) electrons. The Labute approximate surface area is 98.5 Å². The third-order valence-corrected chi connectivity index (χ3v) is 2.60. The lowest BCUT2D eigenvalue weighted by Crippen LogP contribution is -2.06. The quantitative estimate of drug-likeness (QED) is 0.859. The second-order valence-corrected chi connectivity index (χ2v) is 4.03. The highest BCUT2D eigenvalue weighted by Crippen LogP contribution is 2.09. The van der Waals surface area contributed by atoms with Crippen LogP contribution >= 0.6 is 0 Å². The first kappa shape index (κ1) is 11.4. The van der Waals surface area contributed by atoms with E-state index in [4.69, 9.17) is 5.11 Å². The van der Waals surface area contributed by atoms with Crippen LogP contribution in [0.4, 0.5) is 0 Å². The van der Waals surface area contributed by atoms with Crippen molar-refractivity contribution in [1.82, 2.24) is 19.6 Å². The zero-order valence-corrected chi connectivity index (χ0v) is 10.0. The molecule has 2 rings (SSSR count). The first-order chi connectivity index (χ1) is 7.97. The molecule has 2 aromatic heterocycles. The van der Waals surface area contributed by atoms with Crippen LogP contribution in [0, 0.1) is 13.8 Å². The molecule has 0 amide bonds. The summed E-state index contributed by atoms with van der Waals surface area (Å²) >= 11 is 0. The Balaban J connectivity index is 2.28. The molecule has 0 saturated carbocycles. The second-order valence-electron chi connectivity index (χ2n) is 4.03. The number of hydrogen-bond acceptors (Lipinski definition) is 3. The summed E-state index contributed by atoms with van der Waals surface area (Å²) in [5.41, 5.74) is 2.69. The summed E-state index contributed by atoms with van der Waals surface area (Å²) in [6, 6.07) is 1.96.